The quantitative estimate of drug-likeness (QED) is 0.810. The molecule has 1 heterocycles. The third-order valence-electron chi connectivity index (χ3n) is 4.35. The molecule has 1 aliphatic carbocycles. The Morgan fingerprint density at radius 1 is 1.30 bits per heavy atom. The Kier molecular flexibility index (Phi) is 4.70. The lowest BCUT2D eigenvalue weighted by molar-refractivity contribution is -0.134. The van der Waals surface area contributed by atoms with Crippen LogP contribution in [0.1, 0.15) is 43.4 Å². The Morgan fingerprint density at radius 3 is 2.74 bits per heavy atom. The third kappa shape index (κ3) is 3.76. The fourth-order valence-corrected chi connectivity index (χ4v) is 2.98. The number of pyridine rings is 1. The van der Waals surface area contributed by atoms with E-state index in [0.29, 0.717) is 18.4 Å². The van der Waals surface area contributed by atoms with Crippen LogP contribution >= 0.6 is 0 Å². The SMILES string of the molecule is CC(c1ccccc1F)N(C(=O)CCc1cccnc1)C1CC1. The zero-order valence-electron chi connectivity index (χ0n) is 13.3. The number of halogens is 1. The van der Waals surface area contributed by atoms with Crippen LogP contribution in [0.15, 0.2) is 48.8 Å². The lowest BCUT2D eigenvalue weighted by atomic mass is 10.0. The first kappa shape index (κ1) is 15.7. The molecule has 0 N–H and O–H groups in total. The van der Waals surface area contributed by atoms with Crippen LogP contribution in [0.5, 0.6) is 0 Å². The van der Waals surface area contributed by atoms with Crippen molar-refractivity contribution in [3.63, 3.8) is 0 Å². The predicted octanol–water partition coefficient (Wildman–Crippen LogP) is 3.91. The molecule has 3 rings (SSSR count). The molecule has 1 amide bonds. The summed E-state index contributed by atoms with van der Waals surface area (Å²) in [5.41, 5.74) is 1.64. The second-order valence-corrected chi connectivity index (χ2v) is 6.09. The molecule has 3 nitrogen and oxygen atoms in total. The second-order valence-electron chi connectivity index (χ2n) is 6.09. The van der Waals surface area contributed by atoms with Gasteiger partial charge in [0, 0.05) is 30.4 Å². The third-order valence-corrected chi connectivity index (χ3v) is 4.35. The molecule has 0 radical (unpaired) electrons. The van der Waals surface area contributed by atoms with Gasteiger partial charge in [0.1, 0.15) is 5.82 Å². The van der Waals surface area contributed by atoms with E-state index in [0.717, 1.165) is 18.4 Å². The summed E-state index contributed by atoms with van der Waals surface area (Å²) >= 11 is 0. The average molecular weight is 312 g/mol. The van der Waals surface area contributed by atoms with Gasteiger partial charge in [-0.3, -0.25) is 9.78 Å². The minimum atomic E-state index is -0.245. The number of benzene rings is 1. The maximum Gasteiger partial charge on any atom is 0.223 e. The van der Waals surface area contributed by atoms with Crippen molar-refractivity contribution < 1.29 is 9.18 Å². The number of rotatable bonds is 6. The molecule has 0 saturated heterocycles. The standard InChI is InChI=1S/C19H21FN2O/c1-14(17-6-2-3-7-18(17)20)22(16-9-10-16)19(23)11-8-15-5-4-12-21-13-15/h2-7,12-14,16H,8-11H2,1H3. The summed E-state index contributed by atoms with van der Waals surface area (Å²) in [6.45, 7) is 1.92. The molecule has 23 heavy (non-hydrogen) atoms. The Morgan fingerprint density at radius 2 is 2.09 bits per heavy atom. The Balaban J connectivity index is 1.71. The Hall–Kier alpha value is -2.23. The molecule has 1 fully saturated rings. The van der Waals surface area contributed by atoms with Gasteiger partial charge in [-0.2, -0.15) is 0 Å². The minimum Gasteiger partial charge on any atom is -0.333 e. The summed E-state index contributed by atoms with van der Waals surface area (Å²) < 4.78 is 14.1. The van der Waals surface area contributed by atoms with Gasteiger partial charge in [0.05, 0.1) is 6.04 Å². The number of hydrogen-bond acceptors (Lipinski definition) is 2. The maximum atomic E-state index is 14.1. The number of aryl methyl sites for hydroxylation is 1. The summed E-state index contributed by atoms with van der Waals surface area (Å²) in [4.78, 5) is 18.7. The first-order chi connectivity index (χ1) is 11.2. The highest BCUT2D eigenvalue weighted by Gasteiger charge is 2.36. The number of carbonyl (C=O) groups excluding carboxylic acids is 1. The van der Waals surface area contributed by atoms with Gasteiger partial charge >= 0.3 is 0 Å². The zero-order valence-corrected chi connectivity index (χ0v) is 13.3. The van der Waals surface area contributed by atoms with Gasteiger partial charge in [-0.15, -0.1) is 0 Å². The van der Waals surface area contributed by atoms with Gasteiger partial charge in [0.15, 0.2) is 0 Å². The van der Waals surface area contributed by atoms with Gasteiger partial charge in [-0.25, -0.2) is 4.39 Å². The molecule has 4 heteroatoms. The van der Waals surface area contributed by atoms with Crippen LogP contribution < -0.4 is 0 Å². The molecule has 0 bridgehead atoms. The molecular formula is C19H21FN2O. The van der Waals surface area contributed by atoms with Crippen LogP contribution in [0.2, 0.25) is 0 Å². The van der Waals surface area contributed by atoms with Crippen molar-refractivity contribution in [2.24, 2.45) is 0 Å². The topological polar surface area (TPSA) is 33.2 Å². The van der Waals surface area contributed by atoms with Crippen molar-refractivity contribution in [2.45, 2.75) is 44.7 Å². The van der Waals surface area contributed by atoms with Gasteiger partial charge < -0.3 is 4.90 Å². The molecule has 1 aromatic carbocycles. The fourth-order valence-electron chi connectivity index (χ4n) is 2.98. The molecular weight excluding hydrogens is 291 g/mol. The van der Waals surface area contributed by atoms with E-state index in [2.05, 4.69) is 4.98 Å². The van der Waals surface area contributed by atoms with E-state index in [-0.39, 0.29) is 23.8 Å². The lowest BCUT2D eigenvalue weighted by Gasteiger charge is -2.30. The highest BCUT2D eigenvalue weighted by Crippen LogP contribution is 2.35. The van der Waals surface area contributed by atoms with Gasteiger partial charge in [0.2, 0.25) is 5.91 Å². The molecule has 0 aliphatic heterocycles. The van der Waals surface area contributed by atoms with Gasteiger partial charge in [0.25, 0.3) is 0 Å². The summed E-state index contributed by atoms with van der Waals surface area (Å²) in [5.74, 6) is -0.155. The predicted molar refractivity (Wildman–Crippen MR) is 87.2 cm³/mol. The number of carbonyl (C=O) groups is 1. The average Bonchev–Trinajstić information content (AvgIpc) is 3.39. The zero-order chi connectivity index (χ0) is 16.2. The highest BCUT2D eigenvalue weighted by atomic mass is 19.1. The van der Waals surface area contributed by atoms with Crippen LogP contribution in [-0.4, -0.2) is 21.8 Å². The molecule has 1 atom stereocenters. The molecule has 2 aromatic rings. The fraction of sp³-hybridized carbons (Fsp3) is 0.368. The largest absolute Gasteiger partial charge is 0.333 e. The van der Waals surface area contributed by atoms with E-state index in [4.69, 9.17) is 0 Å². The van der Waals surface area contributed by atoms with E-state index < -0.39 is 0 Å². The van der Waals surface area contributed by atoms with Crippen molar-refractivity contribution >= 4 is 5.91 Å². The number of hydrogen-bond donors (Lipinski definition) is 0. The molecule has 1 aliphatic rings. The Labute approximate surface area is 136 Å². The first-order valence-electron chi connectivity index (χ1n) is 8.11. The van der Waals surface area contributed by atoms with Crippen molar-refractivity contribution in [1.29, 1.82) is 0 Å². The number of nitrogens with zero attached hydrogens (tertiary/aromatic N) is 2. The van der Waals surface area contributed by atoms with Crippen molar-refractivity contribution in [3.05, 3.63) is 65.7 Å². The van der Waals surface area contributed by atoms with E-state index >= 15 is 0 Å². The summed E-state index contributed by atoms with van der Waals surface area (Å²) in [7, 11) is 0. The maximum absolute atomic E-state index is 14.1. The van der Waals surface area contributed by atoms with E-state index in [1.165, 1.54) is 6.07 Å². The Bertz CT molecular complexity index is 670. The van der Waals surface area contributed by atoms with Crippen molar-refractivity contribution in [2.75, 3.05) is 0 Å². The van der Waals surface area contributed by atoms with E-state index in [9.17, 15) is 9.18 Å². The normalized spacial score (nSPS) is 15.2. The van der Waals surface area contributed by atoms with Crippen LogP contribution in [-0.2, 0) is 11.2 Å². The lowest BCUT2D eigenvalue weighted by Crippen LogP contribution is -2.36. The smallest absolute Gasteiger partial charge is 0.223 e. The second kappa shape index (κ2) is 6.90. The van der Waals surface area contributed by atoms with Crippen molar-refractivity contribution in [3.8, 4) is 0 Å². The van der Waals surface area contributed by atoms with Gasteiger partial charge in [-0.05, 0) is 43.9 Å². The van der Waals surface area contributed by atoms with E-state index in [1.807, 2.05) is 30.0 Å². The van der Waals surface area contributed by atoms with Crippen LogP contribution in [0.25, 0.3) is 0 Å². The molecule has 1 unspecified atom stereocenters. The number of amides is 1. The summed E-state index contributed by atoms with van der Waals surface area (Å²) in [6, 6.07) is 10.6. The van der Waals surface area contributed by atoms with E-state index in [1.54, 1.807) is 24.5 Å². The van der Waals surface area contributed by atoms with Crippen molar-refractivity contribution in [1.82, 2.24) is 9.88 Å². The minimum absolute atomic E-state index is 0.0899. The molecule has 1 aromatic heterocycles. The number of aromatic nitrogens is 1. The van der Waals surface area contributed by atoms with Crippen LogP contribution in [0, 0.1) is 5.82 Å². The van der Waals surface area contributed by atoms with Crippen LogP contribution in [0.3, 0.4) is 0 Å². The molecule has 0 spiro atoms. The molecule has 1 saturated carbocycles. The summed E-state index contributed by atoms with van der Waals surface area (Å²) in [5, 5.41) is 0. The first-order valence-corrected chi connectivity index (χ1v) is 8.11. The van der Waals surface area contributed by atoms with Crippen LogP contribution in [0.4, 0.5) is 4.39 Å². The highest BCUT2D eigenvalue weighted by molar-refractivity contribution is 5.77. The monoisotopic (exact) mass is 312 g/mol. The van der Waals surface area contributed by atoms with Gasteiger partial charge in [-0.1, -0.05) is 24.3 Å². The molecule has 120 valence electrons. The summed E-state index contributed by atoms with van der Waals surface area (Å²) in [6.07, 6.45) is 6.63.